The van der Waals surface area contributed by atoms with Crippen LogP contribution in [0.2, 0.25) is 0 Å². The van der Waals surface area contributed by atoms with E-state index < -0.39 is 0 Å². The number of nitrogens with one attached hydrogen (secondary N) is 2. The normalized spacial score (nSPS) is 19.9. The van der Waals surface area contributed by atoms with Crippen molar-refractivity contribution < 1.29 is 4.79 Å². The van der Waals surface area contributed by atoms with Gasteiger partial charge in [-0.05, 0) is 0 Å². The molecule has 0 aliphatic carbocycles. The van der Waals surface area contributed by atoms with Crippen LogP contribution in [0.25, 0.3) is 0 Å². The number of hydrogen-bond acceptors (Lipinski definition) is 3. The third kappa shape index (κ3) is 1.85. The van der Waals surface area contributed by atoms with E-state index in [9.17, 15) is 4.79 Å². The molecule has 4 N–H and O–H groups in total. The Morgan fingerprint density at radius 2 is 2.10 bits per heavy atom. The van der Waals surface area contributed by atoms with Crippen molar-refractivity contribution in [3.63, 3.8) is 0 Å². The number of carbonyl (C=O) groups excluding carboxylic acids is 1. The van der Waals surface area contributed by atoms with Gasteiger partial charge >= 0.3 is 6.03 Å². The molecule has 1 saturated heterocycles. The Hall–Kier alpha value is -0.810. The van der Waals surface area contributed by atoms with Crippen LogP contribution in [0.5, 0.6) is 0 Å². The number of nitrogens with zero attached hydrogens (tertiary/aromatic N) is 1. The molecule has 0 aromatic carbocycles. The lowest BCUT2D eigenvalue weighted by Crippen LogP contribution is -2.54. The first-order chi connectivity index (χ1) is 4.83. The van der Waals surface area contributed by atoms with E-state index in [1.165, 1.54) is 0 Å². The molecule has 58 valence electrons. The lowest BCUT2D eigenvalue weighted by atomic mass is 10.5. The van der Waals surface area contributed by atoms with Crippen molar-refractivity contribution in [1.82, 2.24) is 15.5 Å². The highest BCUT2D eigenvalue weighted by atomic mass is 16.2. The molecule has 0 radical (unpaired) electrons. The molecule has 0 saturated carbocycles. The number of hydrogen-bond donors (Lipinski definition) is 3. The summed E-state index contributed by atoms with van der Waals surface area (Å²) >= 11 is 0. The van der Waals surface area contributed by atoms with Gasteiger partial charge in [-0.1, -0.05) is 0 Å². The predicted molar refractivity (Wildman–Crippen MR) is 37.2 cm³/mol. The lowest BCUT2D eigenvalue weighted by Gasteiger charge is -2.26. The SMILES string of the molecule is NCCN1CNC(=O)NC1. The van der Waals surface area contributed by atoms with Crippen molar-refractivity contribution in [2.75, 3.05) is 26.4 Å². The summed E-state index contributed by atoms with van der Waals surface area (Å²) < 4.78 is 0. The quantitative estimate of drug-likeness (QED) is 0.440. The topological polar surface area (TPSA) is 70.4 Å². The molecular weight excluding hydrogens is 132 g/mol. The molecule has 0 aromatic heterocycles. The van der Waals surface area contributed by atoms with Crippen LogP contribution in [-0.4, -0.2) is 37.4 Å². The lowest BCUT2D eigenvalue weighted by molar-refractivity contribution is 0.185. The largest absolute Gasteiger partial charge is 0.329 e. The highest BCUT2D eigenvalue weighted by Crippen LogP contribution is 1.85. The zero-order chi connectivity index (χ0) is 7.40. The van der Waals surface area contributed by atoms with E-state index in [2.05, 4.69) is 10.6 Å². The fourth-order valence-electron chi connectivity index (χ4n) is 0.826. The van der Waals surface area contributed by atoms with Gasteiger partial charge in [-0.2, -0.15) is 0 Å². The van der Waals surface area contributed by atoms with Gasteiger partial charge in [0.1, 0.15) is 0 Å². The van der Waals surface area contributed by atoms with Crippen LogP contribution in [0.3, 0.4) is 0 Å². The van der Waals surface area contributed by atoms with E-state index in [0.29, 0.717) is 19.9 Å². The molecule has 1 fully saturated rings. The minimum absolute atomic E-state index is 0.103. The smallest absolute Gasteiger partial charge is 0.316 e. The molecule has 1 rings (SSSR count). The van der Waals surface area contributed by atoms with Crippen LogP contribution in [0.4, 0.5) is 4.79 Å². The second-order valence-corrected chi connectivity index (χ2v) is 2.18. The first-order valence-corrected chi connectivity index (χ1v) is 3.27. The number of nitrogens with two attached hydrogens (primary N) is 1. The van der Waals surface area contributed by atoms with Gasteiger partial charge in [-0.25, -0.2) is 4.79 Å². The van der Waals surface area contributed by atoms with Gasteiger partial charge in [-0.15, -0.1) is 0 Å². The van der Waals surface area contributed by atoms with Gasteiger partial charge < -0.3 is 16.4 Å². The first kappa shape index (κ1) is 7.30. The Labute approximate surface area is 59.6 Å². The molecule has 0 bridgehead atoms. The van der Waals surface area contributed by atoms with Crippen molar-refractivity contribution in [2.45, 2.75) is 0 Å². The third-order valence-electron chi connectivity index (χ3n) is 1.37. The molecule has 1 aliphatic heterocycles. The second kappa shape index (κ2) is 3.38. The monoisotopic (exact) mass is 144 g/mol. The van der Waals surface area contributed by atoms with Crippen molar-refractivity contribution in [2.24, 2.45) is 5.73 Å². The van der Waals surface area contributed by atoms with Crippen LogP contribution in [0.1, 0.15) is 0 Å². The average Bonchev–Trinajstić information content (AvgIpc) is 1.95. The van der Waals surface area contributed by atoms with Crippen LogP contribution >= 0.6 is 0 Å². The maximum absolute atomic E-state index is 10.5. The molecule has 1 aliphatic rings. The Bertz CT molecular complexity index is 117. The third-order valence-corrected chi connectivity index (χ3v) is 1.37. The van der Waals surface area contributed by atoms with Crippen molar-refractivity contribution in [1.29, 1.82) is 0 Å². The summed E-state index contributed by atoms with van der Waals surface area (Å²) in [5, 5.41) is 5.27. The average molecular weight is 144 g/mol. The Morgan fingerprint density at radius 1 is 1.50 bits per heavy atom. The van der Waals surface area contributed by atoms with Crippen LogP contribution in [0.15, 0.2) is 0 Å². The number of amides is 2. The number of carbonyl (C=O) groups is 1. The summed E-state index contributed by atoms with van der Waals surface area (Å²) in [7, 11) is 0. The predicted octanol–water partition coefficient (Wildman–Crippen LogP) is -1.53. The van der Waals surface area contributed by atoms with E-state index in [1.807, 2.05) is 4.90 Å². The van der Waals surface area contributed by atoms with E-state index in [0.717, 1.165) is 6.54 Å². The van der Waals surface area contributed by atoms with E-state index >= 15 is 0 Å². The number of urea groups is 1. The summed E-state index contributed by atoms with van der Waals surface area (Å²) in [5.74, 6) is 0. The Balaban J connectivity index is 2.19. The minimum Gasteiger partial charge on any atom is -0.329 e. The highest BCUT2D eigenvalue weighted by molar-refractivity contribution is 5.74. The molecule has 10 heavy (non-hydrogen) atoms. The fourth-order valence-corrected chi connectivity index (χ4v) is 0.826. The molecule has 0 aromatic rings. The Kier molecular flexibility index (Phi) is 2.47. The molecule has 5 nitrogen and oxygen atoms in total. The van der Waals surface area contributed by atoms with Crippen LogP contribution < -0.4 is 16.4 Å². The van der Waals surface area contributed by atoms with Gasteiger partial charge in [0.15, 0.2) is 0 Å². The molecule has 1 heterocycles. The maximum atomic E-state index is 10.5. The van der Waals surface area contributed by atoms with Crippen molar-refractivity contribution >= 4 is 6.03 Å². The van der Waals surface area contributed by atoms with Gasteiger partial charge in [0.2, 0.25) is 0 Å². The molecule has 0 spiro atoms. The standard InChI is InChI=1S/C5H12N4O/c6-1-2-9-3-7-5(10)8-4-9/h1-4,6H2,(H2,7,8,10). The van der Waals surface area contributed by atoms with Crippen molar-refractivity contribution in [3.05, 3.63) is 0 Å². The van der Waals surface area contributed by atoms with E-state index in [4.69, 9.17) is 5.73 Å². The summed E-state index contributed by atoms with van der Waals surface area (Å²) in [6.45, 7) is 2.64. The van der Waals surface area contributed by atoms with Crippen LogP contribution in [-0.2, 0) is 0 Å². The molecule has 0 unspecified atom stereocenters. The summed E-state index contributed by atoms with van der Waals surface area (Å²) in [6.07, 6.45) is 0. The molecule has 0 atom stereocenters. The maximum Gasteiger partial charge on any atom is 0.316 e. The molecule has 2 amide bonds. The number of rotatable bonds is 2. The van der Waals surface area contributed by atoms with Crippen molar-refractivity contribution in [3.8, 4) is 0 Å². The van der Waals surface area contributed by atoms with Gasteiger partial charge in [-0.3, -0.25) is 4.90 Å². The zero-order valence-corrected chi connectivity index (χ0v) is 5.76. The highest BCUT2D eigenvalue weighted by Gasteiger charge is 2.11. The second-order valence-electron chi connectivity index (χ2n) is 2.18. The first-order valence-electron chi connectivity index (χ1n) is 3.27. The minimum atomic E-state index is -0.103. The summed E-state index contributed by atoms with van der Waals surface area (Å²) in [4.78, 5) is 12.5. The zero-order valence-electron chi connectivity index (χ0n) is 5.76. The van der Waals surface area contributed by atoms with E-state index in [-0.39, 0.29) is 6.03 Å². The molecule has 5 heteroatoms. The van der Waals surface area contributed by atoms with Gasteiger partial charge in [0.05, 0.1) is 13.3 Å². The summed E-state index contributed by atoms with van der Waals surface area (Å²) in [5.41, 5.74) is 5.31. The van der Waals surface area contributed by atoms with Crippen LogP contribution in [0, 0.1) is 0 Å². The van der Waals surface area contributed by atoms with E-state index in [1.54, 1.807) is 0 Å². The van der Waals surface area contributed by atoms with Gasteiger partial charge in [0, 0.05) is 13.1 Å². The van der Waals surface area contributed by atoms with Gasteiger partial charge in [0.25, 0.3) is 0 Å². The Morgan fingerprint density at radius 3 is 2.60 bits per heavy atom. The summed E-state index contributed by atoms with van der Waals surface area (Å²) in [6, 6.07) is -0.103. The fraction of sp³-hybridized carbons (Fsp3) is 0.800. The molecular formula is C5H12N4O.